The summed E-state index contributed by atoms with van der Waals surface area (Å²) >= 11 is 0. The number of carbonyl (C=O) groups is 2. The zero-order valence-corrected chi connectivity index (χ0v) is 17.2. The van der Waals surface area contributed by atoms with Gasteiger partial charge in [0.25, 0.3) is 0 Å². The minimum Gasteiger partial charge on any atom is -0.460 e. The SMILES string of the molecule is CC(=O)Nc1ccc(S(=O)(=O)N(C)CC(=O)OCc2cc(C)ccc2C)cc1. The van der Waals surface area contributed by atoms with Crippen LogP contribution >= 0.6 is 0 Å². The van der Waals surface area contributed by atoms with E-state index < -0.39 is 22.5 Å². The molecule has 1 amide bonds. The third-order valence-electron chi connectivity index (χ3n) is 4.13. The van der Waals surface area contributed by atoms with Crippen LogP contribution in [0.15, 0.2) is 47.4 Å². The van der Waals surface area contributed by atoms with E-state index in [9.17, 15) is 18.0 Å². The van der Waals surface area contributed by atoms with Gasteiger partial charge < -0.3 is 10.1 Å². The molecular formula is C20H24N2O5S. The first-order chi connectivity index (χ1) is 13.1. The van der Waals surface area contributed by atoms with E-state index in [1.165, 1.54) is 38.2 Å². The number of anilines is 1. The molecule has 0 saturated carbocycles. The Morgan fingerprint density at radius 1 is 1.07 bits per heavy atom. The van der Waals surface area contributed by atoms with Crippen LogP contribution in [-0.2, 0) is 31.0 Å². The van der Waals surface area contributed by atoms with Crippen LogP contribution in [0.25, 0.3) is 0 Å². The van der Waals surface area contributed by atoms with Gasteiger partial charge in [-0.2, -0.15) is 4.31 Å². The molecule has 0 saturated heterocycles. The lowest BCUT2D eigenvalue weighted by atomic mass is 10.1. The predicted molar refractivity (Wildman–Crippen MR) is 106 cm³/mol. The van der Waals surface area contributed by atoms with E-state index in [1.807, 2.05) is 32.0 Å². The highest BCUT2D eigenvalue weighted by Crippen LogP contribution is 2.18. The van der Waals surface area contributed by atoms with Crippen molar-refractivity contribution in [1.29, 1.82) is 0 Å². The average molecular weight is 404 g/mol. The van der Waals surface area contributed by atoms with Crippen molar-refractivity contribution in [1.82, 2.24) is 4.31 Å². The van der Waals surface area contributed by atoms with E-state index in [2.05, 4.69) is 5.32 Å². The van der Waals surface area contributed by atoms with Crippen LogP contribution in [0, 0.1) is 13.8 Å². The smallest absolute Gasteiger partial charge is 0.321 e. The Labute approximate surface area is 165 Å². The molecule has 2 rings (SSSR count). The molecule has 0 aliphatic rings. The number of rotatable bonds is 7. The van der Waals surface area contributed by atoms with E-state index in [1.54, 1.807) is 0 Å². The first-order valence-electron chi connectivity index (χ1n) is 8.65. The molecule has 2 aromatic rings. The minimum absolute atomic E-state index is 0.0198. The van der Waals surface area contributed by atoms with Crippen LogP contribution in [-0.4, -0.2) is 38.2 Å². The molecule has 0 radical (unpaired) electrons. The van der Waals surface area contributed by atoms with E-state index >= 15 is 0 Å². The van der Waals surface area contributed by atoms with Crippen LogP contribution in [0.3, 0.4) is 0 Å². The lowest BCUT2D eigenvalue weighted by Crippen LogP contribution is -2.33. The fraction of sp³-hybridized carbons (Fsp3) is 0.300. The zero-order valence-electron chi connectivity index (χ0n) is 16.4. The van der Waals surface area contributed by atoms with E-state index in [4.69, 9.17) is 4.74 Å². The molecular weight excluding hydrogens is 380 g/mol. The Morgan fingerprint density at radius 2 is 1.71 bits per heavy atom. The summed E-state index contributed by atoms with van der Waals surface area (Å²) in [6.45, 7) is 4.92. The summed E-state index contributed by atoms with van der Waals surface area (Å²) in [5.74, 6) is -0.888. The van der Waals surface area contributed by atoms with Crippen molar-refractivity contribution in [2.24, 2.45) is 0 Å². The van der Waals surface area contributed by atoms with Crippen LogP contribution in [0.1, 0.15) is 23.6 Å². The maximum atomic E-state index is 12.6. The van der Waals surface area contributed by atoms with Crippen LogP contribution < -0.4 is 5.32 Å². The van der Waals surface area contributed by atoms with Gasteiger partial charge in [0, 0.05) is 19.7 Å². The fourth-order valence-corrected chi connectivity index (χ4v) is 3.64. The molecule has 8 heteroatoms. The highest BCUT2D eigenvalue weighted by molar-refractivity contribution is 7.89. The lowest BCUT2D eigenvalue weighted by Gasteiger charge is -2.17. The lowest BCUT2D eigenvalue weighted by molar-refractivity contribution is -0.144. The Hall–Kier alpha value is -2.71. The summed E-state index contributed by atoms with van der Waals surface area (Å²) < 4.78 is 31.4. The van der Waals surface area contributed by atoms with E-state index in [0.29, 0.717) is 5.69 Å². The quantitative estimate of drug-likeness (QED) is 0.716. The number of amides is 1. The van der Waals surface area contributed by atoms with Gasteiger partial charge in [0.05, 0.1) is 4.90 Å². The first-order valence-corrected chi connectivity index (χ1v) is 10.1. The highest BCUT2D eigenvalue weighted by atomic mass is 32.2. The van der Waals surface area contributed by atoms with Crippen molar-refractivity contribution in [3.05, 3.63) is 59.2 Å². The number of aryl methyl sites for hydroxylation is 2. The third kappa shape index (κ3) is 5.64. The maximum absolute atomic E-state index is 12.6. The number of hydrogen-bond acceptors (Lipinski definition) is 5. The molecule has 0 atom stereocenters. The summed E-state index contributed by atoms with van der Waals surface area (Å²) in [7, 11) is -2.54. The van der Waals surface area contributed by atoms with E-state index in [0.717, 1.165) is 21.0 Å². The molecule has 150 valence electrons. The summed E-state index contributed by atoms with van der Waals surface area (Å²) in [6, 6.07) is 11.6. The van der Waals surface area contributed by atoms with Gasteiger partial charge >= 0.3 is 5.97 Å². The Kier molecular flexibility index (Phi) is 6.93. The molecule has 0 unspecified atom stereocenters. The van der Waals surface area contributed by atoms with Gasteiger partial charge in [-0.05, 0) is 49.2 Å². The fourth-order valence-electron chi connectivity index (χ4n) is 2.52. The van der Waals surface area contributed by atoms with Crippen LogP contribution in [0.4, 0.5) is 5.69 Å². The molecule has 0 aliphatic heterocycles. The molecule has 0 aromatic heterocycles. The van der Waals surface area contributed by atoms with Crippen molar-refractivity contribution in [3.8, 4) is 0 Å². The number of carbonyl (C=O) groups excluding carboxylic acids is 2. The first kappa shape index (κ1) is 21.6. The Morgan fingerprint density at radius 3 is 2.32 bits per heavy atom. The van der Waals surface area contributed by atoms with Crippen molar-refractivity contribution < 1.29 is 22.7 Å². The molecule has 2 aromatic carbocycles. The number of nitrogens with zero attached hydrogens (tertiary/aromatic N) is 1. The zero-order chi connectivity index (χ0) is 20.9. The molecule has 1 N–H and O–H groups in total. The van der Waals surface area contributed by atoms with Crippen molar-refractivity contribution in [2.45, 2.75) is 32.3 Å². The number of likely N-dealkylation sites (N-methyl/N-ethyl adjacent to an activating group) is 1. The normalized spacial score (nSPS) is 11.3. The maximum Gasteiger partial charge on any atom is 0.321 e. The average Bonchev–Trinajstić information content (AvgIpc) is 2.62. The summed E-state index contributed by atoms with van der Waals surface area (Å²) in [6.07, 6.45) is 0. The second kappa shape index (κ2) is 8.99. The standard InChI is InChI=1S/C20H24N2O5S/c1-14-5-6-15(2)17(11-14)13-27-20(24)12-22(4)28(25,26)19-9-7-18(8-10-19)21-16(3)23/h5-11H,12-13H2,1-4H3,(H,21,23). The van der Waals surface area contributed by atoms with E-state index in [-0.39, 0.29) is 17.4 Å². The van der Waals surface area contributed by atoms with Gasteiger partial charge in [0.15, 0.2) is 0 Å². The van der Waals surface area contributed by atoms with Gasteiger partial charge in [0.2, 0.25) is 15.9 Å². The highest BCUT2D eigenvalue weighted by Gasteiger charge is 2.23. The summed E-state index contributed by atoms with van der Waals surface area (Å²) in [5.41, 5.74) is 3.42. The van der Waals surface area contributed by atoms with Crippen molar-refractivity contribution in [2.75, 3.05) is 18.9 Å². The predicted octanol–water partition coefficient (Wildman–Crippen LogP) is 2.63. The molecule has 0 aliphatic carbocycles. The number of sulfonamides is 1. The largest absolute Gasteiger partial charge is 0.460 e. The summed E-state index contributed by atoms with van der Waals surface area (Å²) in [4.78, 5) is 23.2. The molecule has 28 heavy (non-hydrogen) atoms. The molecule has 0 bridgehead atoms. The number of ether oxygens (including phenoxy) is 1. The third-order valence-corrected chi connectivity index (χ3v) is 5.95. The Bertz CT molecular complexity index is 969. The van der Waals surface area contributed by atoms with Crippen LogP contribution in [0.2, 0.25) is 0 Å². The number of benzene rings is 2. The topological polar surface area (TPSA) is 92.8 Å². The molecule has 0 fully saturated rings. The van der Waals surface area contributed by atoms with Crippen molar-refractivity contribution >= 4 is 27.6 Å². The van der Waals surface area contributed by atoms with Crippen LogP contribution in [0.5, 0.6) is 0 Å². The second-order valence-corrected chi connectivity index (χ2v) is 8.60. The number of nitrogens with one attached hydrogen (secondary N) is 1. The van der Waals surface area contributed by atoms with Crippen molar-refractivity contribution in [3.63, 3.8) is 0 Å². The van der Waals surface area contributed by atoms with Gasteiger partial charge in [-0.25, -0.2) is 8.42 Å². The minimum atomic E-state index is -3.86. The number of hydrogen-bond donors (Lipinski definition) is 1. The van der Waals surface area contributed by atoms with Gasteiger partial charge in [0.1, 0.15) is 13.2 Å². The molecule has 0 heterocycles. The second-order valence-electron chi connectivity index (χ2n) is 6.56. The van der Waals surface area contributed by atoms with Gasteiger partial charge in [-0.15, -0.1) is 0 Å². The van der Waals surface area contributed by atoms with Gasteiger partial charge in [-0.1, -0.05) is 23.8 Å². The monoisotopic (exact) mass is 404 g/mol. The number of esters is 1. The van der Waals surface area contributed by atoms with Gasteiger partial charge in [-0.3, -0.25) is 9.59 Å². The summed E-state index contributed by atoms with van der Waals surface area (Å²) in [5, 5.41) is 2.56. The molecule has 7 nitrogen and oxygen atoms in total. The molecule has 0 spiro atoms. The Balaban J connectivity index is 2.00.